The topological polar surface area (TPSA) is 44.1 Å². The molecule has 0 radical (unpaired) electrons. The van der Waals surface area contributed by atoms with Gasteiger partial charge >= 0.3 is 0 Å². The molecule has 1 aromatic heterocycles. The average Bonchev–Trinajstić information content (AvgIpc) is 2.34. The minimum absolute atomic E-state index is 0.0538. The fraction of sp³-hybridized carbons (Fsp3) is 0.231. The first-order valence-corrected chi connectivity index (χ1v) is 6.36. The zero-order valence-electron chi connectivity index (χ0n) is 9.97. The van der Waals surface area contributed by atoms with E-state index in [1.54, 1.807) is 13.3 Å². The Morgan fingerprint density at radius 3 is 2.72 bits per heavy atom. The molecular formula is C13H13BrN2O2. The standard InChI is InChI=1S/C13H13BrN2O2/c1-10-8-13(17)16(9-15-10)6-7-18-12-4-2-11(14)3-5-12/h2-5,8-9H,6-7H2,1H3. The van der Waals surface area contributed by atoms with Gasteiger partial charge in [0.2, 0.25) is 0 Å². The van der Waals surface area contributed by atoms with Gasteiger partial charge in [0.05, 0.1) is 12.9 Å². The number of aryl methyl sites for hydroxylation is 1. The van der Waals surface area contributed by atoms with Gasteiger partial charge in [-0.3, -0.25) is 9.36 Å². The Morgan fingerprint density at radius 1 is 1.33 bits per heavy atom. The molecule has 0 amide bonds. The van der Waals surface area contributed by atoms with Crippen LogP contribution in [-0.2, 0) is 6.54 Å². The lowest BCUT2D eigenvalue weighted by Gasteiger charge is -2.08. The van der Waals surface area contributed by atoms with Gasteiger partial charge in [0.15, 0.2) is 0 Å². The normalized spacial score (nSPS) is 10.3. The highest BCUT2D eigenvalue weighted by atomic mass is 79.9. The SMILES string of the molecule is Cc1cc(=O)n(CCOc2ccc(Br)cc2)cn1. The van der Waals surface area contributed by atoms with Crippen LogP contribution in [0.25, 0.3) is 0 Å². The highest BCUT2D eigenvalue weighted by Crippen LogP contribution is 2.15. The van der Waals surface area contributed by atoms with Crippen LogP contribution in [0, 0.1) is 6.92 Å². The van der Waals surface area contributed by atoms with Crippen LogP contribution in [0.3, 0.4) is 0 Å². The molecule has 0 aliphatic carbocycles. The van der Waals surface area contributed by atoms with Crippen molar-refractivity contribution >= 4 is 15.9 Å². The third-order valence-electron chi connectivity index (χ3n) is 2.43. The Morgan fingerprint density at radius 2 is 2.06 bits per heavy atom. The maximum absolute atomic E-state index is 11.6. The first-order valence-electron chi connectivity index (χ1n) is 5.56. The van der Waals surface area contributed by atoms with Crippen molar-refractivity contribution in [3.05, 3.63) is 57.2 Å². The molecule has 0 bridgehead atoms. The van der Waals surface area contributed by atoms with E-state index in [0.717, 1.165) is 15.9 Å². The molecule has 0 aliphatic rings. The highest BCUT2D eigenvalue weighted by molar-refractivity contribution is 9.10. The molecular weight excluding hydrogens is 296 g/mol. The van der Waals surface area contributed by atoms with Gasteiger partial charge in [-0.05, 0) is 31.2 Å². The Kier molecular flexibility index (Phi) is 4.15. The third-order valence-corrected chi connectivity index (χ3v) is 2.96. The van der Waals surface area contributed by atoms with Crippen LogP contribution in [0.1, 0.15) is 5.69 Å². The molecule has 18 heavy (non-hydrogen) atoms. The Balaban J connectivity index is 1.92. The van der Waals surface area contributed by atoms with Gasteiger partial charge in [-0.25, -0.2) is 4.98 Å². The lowest BCUT2D eigenvalue weighted by atomic mass is 10.3. The maximum atomic E-state index is 11.6. The van der Waals surface area contributed by atoms with Gasteiger partial charge in [0, 0.05) is 16.2 Å². The van der Waals surface area contributed by atoms with Crippen LogP contribution in [0.5, 0.6) is 5.75 Å². The summed E-state index contributed by atoms with van der Waals surface area (Å²) in [6.45, 7) is 2.72. The van der Waals surface area contributed by atoms with Crippen LogP contribution < -0.4 is 10.3 Å². The van der Waals surface area contributed by atoms with Crippen molar-refractivity contribution in [2.75, 3.05) is 6.61 Å². The van der Waals surface area contributed by atoms with Gasteiger partial charge in [-0.1, -0.05) is 15.9 Å². The molecule has 2 rings (SSSR count). The average molecular weight is 309 g/mol. The summed E-state index contributed by atoms with van der Waals surface area (Å²) in [4.78, 5) is 15.7. The Hall–Kier alpha value is -1.62. The summed E-state index contributed by atoms with van der Waals surface area (Å²) in [7, 11) is 0. The van der Waals surface area contributed by atoms with Crippen molar-refractivity contribution < 1.29 is 4.74 Å². The zero-order valence-corrected chi connectivity index (χ0v) is 11.6. The summed E-state index contributed by atoms with van der Waals surface area (Å²) in [6.07, 6.45) is 1.54. The van der Waals surface area contributed by atoms with Crippen molar-refractivity contribution in [3.8, 4) is 5.75 Å². The summed E-state index contributed by atoms with van der Waals surface area (Å²) in [5.74, 6) is 0.784. The molecule has 1 heterocycles. The molecule has 2 aromatic rings. The van der Waals surface area contributed by atoms with Crippen LogP contribution in [-0.4, -0.2) is 16.2 Å². The number of aromatic nitrogens is 2. The van der Waals surface area contributed by atoms with E-state index in [4.69, 9.17) is 4.74 Å². The molecule has 0 saturated carbocycles. The van der Waals surface area contributed by atoms with Gasteiger partial charge in [-0.15, -0.1) is 0 Å². The second kappa shape index (κ2) is 5.82. The molecule has 0 saturated heterocycles. The lowest BCUT2D eigenvalue weighted by Crippen LogP contribution is -2.23. The van der Waals surface area contributed by atoms with Gasteiger partial charge < -0.3 is 4.74 Å². The number of hydrogen-bond donors (Lipinski definition) is 0. The Bertz CT molecular complexity index is 578. The number of benzene rings is 1. The number of hydrogen-bond acceptors (Lipinski definition) is 3. The maximum Gasteiger partial charge on any atom is 0.253 e. The van der Waals surface area contributed by atoms with Crippen molar-refractivity contribution in [2.45, 2.75) is 13.5 Å². The molecule has 0 spiro atoms. The van der Waals surface area contributed by atoms with Gasteiger partial charge in [0.25, 0.3) is 5.56 Å². The number of halogens is 1. The van der Waals surface area contributed by atoms with E-state index in [-0.39, 0.29) is 5.56 Å². The molecule has 5 heteroatoms. The summed E-state index contributed by atoms with van der Waals surface area (Å²) in [5, 5.41) is 0. The van der Waals surface area contributed by atoms with E-state index < -0.39 is 0 Å². The summed E-state index contributed by atoms with van der Waals surface area (Å²) in [6, 6.07) is 9.09. The third kappa shape index (κ3) is 3.43. The molecule has 0 N–H and O–H groups in total. The predicted molar refractivity (Wildman–Crippen MR) is 72.9 cm³/mol. The molecule has 0 unspecified atom stereocenters. The minimum Gasteiger partial charge on any atom is -0.492 e. The van der Waals surface area contributed by atoms with Crippen molar-refractivity contribution in [1.82, 2.24) is 9.55 Å². The minimum atomic E-state index is -0.0538. The first kappa shape index (κ1) is 12.8. The van der Waals surface area contributed by atoms with Crippen molar-refractivity contribution in [1.29, 1.82) is 0 Å². The number of rotatable bonds is 4. The first-order chi connectivity index (χ1) is 8.65. The summed E-state index contributed by atoms with van der Waals surface area (Å²) >= 11 is 3.36. The van der Waals surface area contributed by atoms with E-state index in [1.165, 1.54) is 10.6 Å². The molecule has 0 atom stereocenters. The van der Waals surface area contributed by atoms with Gasteiger partial charge in [-0.2, -0.15) is 0 Å². The largest absolute Gasteiger partial charge is 0.492 e. The fourth-order valence-corrected chi connectivity index (χ4v) is 1.74. The van der Waals surface area contributed by atoms with E-state index in [0.29, 0.717) is 13.2 Å². The van der Waals surface area contributed by atoms with E-state index in [9.17, 15) is 4.79 Å². The van der Waals surface area contributed by atoms with Crippen molar-refractivity contribution in [3.63, 3.8) is 0 Å². The molecule has 4 nitrogen and oxygen atoms in total. The quantitative estimate of drug-likeness (QED) is 0.871. The summed E-state index contributed by atoms with van der Waals surface area (Å²) < 4.78 is 8.08. The van der Waals surface area contributed by atoms with Crippen LogP contribution in [0.2, 0.25) is 0 Å². The Labute approximate surface area is 113 Å². The van der Waals surface area contributed by atoms with E-state index in [2.05, 4.69) is 20.9 Å². The number of ether oxygens (including phenoxy) is 1. The second-order valence-corrected chi connectivity index (χ2v) is 4.78. The number of nitrogens with zero attached hydrogens (tertiary/aromatic N) is 2. The highest BCUT2D eigenvalue weighted by Gasteiger charge is 1.98. The zero-order chi connectivity index (χ0) is 13.0. The van der Waals surface area contributed by atoms with Crippen LogP contribution in [0.4, 0.5) is 0 Å². The van der Waals surface area contributed by atoms with Crippen LogP contribution >= 0.6 is 15.9 Å². The molecule has 0 fully saturated rings. The monoisotopic (exact) mass is 308 g/mol. The van der Waals surface area contributed by atoms with Crippen LogP contribution in [0.15, 0.2) is 45.9 Å². The second-order valence-electron chi connectivity index (χ2n) is 3.86. The fourth-order valence-electron chi connectivity index (χ4n) is 1.48. The van der Waals surface area contributed by atoms with Crippen molar-refractivity contribution in [2.24, 2.45) is 0 Å². The summed E-state index contributed by atoms with van der Waals surface area (Å²) in [5.41, 5.74) is 0.673. The molecule has 94 valence electrons. The lowest BCUT2D eigenvalue weighted by molar-refractivity contribution is 0.295. The smallest absolute Gasteiger partial charge is 0.253 e. The van der Waals surface area contributed by atoms with E-state index >= 15 is 0 Å². The van der Waals surface area contributed by atoms with Gasteiger partial charge in [0.1, 0.15) is 12.4 Å². The van der Waals surface area contributed by atoms with E-state index in [1.807, 2.05) is 24.3 Å². The predicted octanol–water partition coefficient (Wildman–Crippen LogP) is 2.39. The molecule has 0 aliphatic heterocycles. The molecule has 1 aromatic carbocycles.